The molecular weight excluding hydrogens is 302 g/mol. The van der Waals surface area contributed by atoms with E-state index in [1.165, 1.54) is 5.56 Å². The molecule has 1 heterocycles. The molecule has 1 aliphatic heterocycles. The summed E-state index contributed by atoms with van der Waals surface area (Å²) in [7, 11) is 1.69. The summed E-state index contributed by atoms with van der Waals surface area (Å²) in [5.41, 5.74) is 6.60. The number of piperidine rings is 1. The largest absolute Gasteiger partial charge is 0.496 e. The molecule has 1 aliphatic rings. The summed E-state index contributed by atoms with van der Waals surface area (Å²) in [5, 5.41) is 2.89. The van der Waals surface area contributed by atoms with E-state index in [1.807, 2.05) is 18.2 Å². The normalized spacial score (nSPS) is 18.4. The van der Waals surface area contributed by atoms with Gasteiger partial charge < -0.3 is 15.8 Å². The van der Waals surface area contributed by atoms with E-state index >= 15 is 0 Å². The summed E-state index contributed by atoms with van der Waals surface area (Å²) < 4.78 is 5.39. The van der Waals surface area contributed by atoms with Crippen LogP contribution in [-0.2, 0) is 11.3 Å². The Morgan fingerprint density at radius 2 is 2.23 bits per heavy atom. The molecule has 2 rings (SSSR count). The Morgan fingerprint density at radius 1 is 1.45 bits per heavy atom. The minimum atomic E-state index is 0. The predicted octanol–water partition coefficient (Wildman–Crippen LogP) is 1.40. The van der Waals surface area contributed by atoms with Gasteiger partial charge in [0.05, 0.1) is 13.0 Å². The summed E-state index contributed by atoms with van der Waals surface area (Å²) in [4.78, 5) is 14.4. The van der Waals surface area contributed by atoms with Gasteiger partial charge in [-0.15, -0.1) is 12.4 Å². The van der Waals surface area contributed by atoms with Gasteiger partial charge in [-0.1, -0.05) is 18.2 Å². The van der Waals surface area contributed by atoms with Crippen LogP contribution in [0.4, 0.5) is 0 Å². The van der Waals surface area contributed by atoms with Crippen molar-refractivity contribution in [1.82, 2.24) is 10.2 Å². The number of carbonyl (C=O) groups is 1. The van der Waals surface area contributed by atoms with Crippen LogP contribution in [0.25, 0.3) is 0 Å². The van der Waals surface area contributed by atoms with Crippen molar-refractivity contribution >= 4 is 18.3 Å². The minimum absolute atomic E-state index is 0. The molecule has 1 saturated heterocycles. The smallest absolute Gasteiger partial charge is 0.224 e. The third-order valence-electron chi connectivity index (χ3n) is 3.91. The van der Waals surface area contributed by atoms with Gasteiger partial charge in [0.1, 0.15) is 5.75 Å². The monoisotopic (exact) mass is 327 g/mol. The highest BCUT2D eigenvalue weighted by atomic mass is 35.5. The van der Waals surface area contributed by atoms with Crippen molar-refractivity contribution in [2.45, 2.75) is 19.4 Å². The second-order valence-electron chi connectivity index (χ2n) is 5.47. The molecule has 0 saturated carbocycles. The van der Waals surface area contributed by atoms with Gasteiger partial charge in [-0.3, -0.25) is 9.69 Å². The Hall–Kier alpha value is -1.30. The average Bonchev–Trinajstić information content (AvgIpc) is 2.53. The Bertz CT molecular complexity index is 470. The Labute approximate surface area is 138 Å². The highest BCUT2D eigenvalue weighted by Crippen LogP contribution is 2.23. The van der Waals surface area contributed by atoms with Crippen LogP contribution in [0.15, 0.2) is 24.3 Å². The molecule has 1 unspecified atom stereocenters. The zero-order valence-corrected chi connectivity index (χ0v) is 13.9. The van der Waals surface area contributed by atoms with Crippen molar-refractivity contribution in [2.75, 3.05) is 33.3 Å². The lowest BCUT2D eigenvalue weighted by Gasteiger charge is -2.32. The van der Waals surface area contributed by atoms with E-state index in [0.29, 0.717) is 13.1 Å². The van der Waals surface area contributed by atoms with E-state index in [2.05, 4.69) is 16.3 Å². The van der Waals surface area contributed by atoms with Crippen LogP contribution in [0.5, 0.6) is 5.75 Å². The molecule has 0 radical (unpaired) electrons. The first-order chi connectivity index (χ1) is 10.2. The zero-order chi connectivity index (χ0) is 15.1. The second kappa shape index (κ2) is 9.66. The molecule has 0 aliphatic carbocycles. The molecule has 0 spiro atoms. The fraction of sp³-hybridized carbons (Fsp3) is 0.562. The third kappa shape index (κ3) is 5.16. The van der Waals surface area contributed by atoms with Gasteiger partial charge in [0.15, 0.2) is 0 Å². The number of nitrogens with one attached hydrogen (secondary N) is 1. The predicted molar refractivity (Wildman–Crippen MR) is 90.3 cm³/mol. The number of rotatable bonds is 6. The number of para-hydroxylation sites is 1. The van der Waals surface area contributed by atoms with Gasteiger partial charge >= 0.3 is 0 Å². The van der Waals surface area contributed by atoms with Gasteiger partial charge in [0.25, 0.3) is 0 Å². The number of nitrogens with zero attached hydrogens (tertiary/aromatic N) is 1. The fourth-order valence-corrected chi connectivity index (χ4v) is 2.83. The highest BCUT2D eigenvalue weighted by molar-refractivity contribution is 5.85. The summed E-state index contributed by atoms with van der Waals surface area (Å²) in [6.45, 7) is 3.70. The summed E-state index contributed by atoms with van der Waals surface area (Å²) in [5.74, 6) is 1.11. The molecule has 0 aromatic heterocycles. The van der Waals surface area contributed by atoms with Gasteiger partial charge in [0, 0.05) is 31.7 Å². The molecule has 1 aromatic carbocycles. The van der Waals surface area contributed by atoms with Crippen LogP contribution < -0.4 is 15.8 Å². The molecule has 5 nitrogen and oxygen atoms in total. The van der Waals surface area contributed by atoms with Crippen molar-refractivity contribution in [2.24, 2.45) is 11.7 Å². The highest BCUT2D eigenvalue weighted by Gasteiger charge is 2.25. The number of halogens is 1. The van der Waals surface area contributed by atoms with E-state index in [-0.39, 0.29) is 24.2 Å². The van der Waals surface area contributed by atoms with Crippen LogP contribution in [0, 0.1) is 5.92 Å². The Balaban J connectivity index is 0.00000242. The van der Waals surface area contributed by atoms with Crippen LogP contribution in [0.1, 0.15) is 18.4 Å². The molecule has 3 N–H and O–H groups in total. The molecule has 22 heavy (non-hydrogen) atoms. The van der Waals surface area contributed by atoms with E-state index < -0.39 is 0 Å². The van der Waals surface area contributed by atoms with Gasteiger partial charge in [-0.05, 0) is 25.5 Å². The Kier molecular flexibility index (Phi) is 8.24. The van der Waals surface area contributed by atoms with Gasteiger partial charge in [0.2, 0.25) is 5.91 Å². The maximum atomic E-state index is 12.1. The quantitative estimate of drug-likeness (QED) is 0.829. The van der Waals surface area contributed by atoms with Gasteiger partial charge in [-0.25, -0.2) is 0 Å². The zero-order valence-electron chi connectivity index (χ0n) is 13.1. The molecule has 1 fully saturated rings. The number of carbonyl (C=O) groups excluding carboxylic acids is 1. The number of likely N-dealkylation sites (tertiary alicyclic amines) is 1. The van der Waals surface area contributed by atoms with Crippen LogP contribution in [0.3, 0.4) is 0 Å². The maximum Gasteiger partial charge on any atom is 0.224 e. The first kappa shape index (κ1) is 18.7. The molecule has 1 aromatic rings. The van der Waals surface area contributed by atoms with Crippen LogP contribution >= 0.6 is 12.4 Å². The summed E-state index contributed by atoms with van der Waals surface area (Å²) in [6, 6.07) is 8.05. The number of benzene rings is 1. The molecule has 124 valence electrons. The molecule has 1 amide bonds. The van der Waals surface area contributed by atoms with E-state index in [0.717, 1.165) is 38.2 Å². The molecule has 0 bridgehead atoms. The molecule has 6 heteroatoms. The first-order valence-corrected chi connectivity index (χ1v) is 7.56. The third-order valence-corrected chi connectivity index (χ3v) is 3.91. The van der Waals surface area contributed by atoms with Crippen molar-refractivity contribution in [3.05, 3.63) is 29.8 Å². The number of ether oxygens (including phenoxy) is 1. The molecule has 1 atom stereocenters. The number of amides is 1. The van der Waals surface area contributed by atoms with Crippen molar-refractivity contribution < 1.29 is 9.53 Å². The molecular formula is C16H26ClN3O2. The summed E-state index contributed by atoms with van der Waals surface area (Å²) >= 11 is 0. The number of hydrogen-bond acceptors (Lipinski definition) is 4. The van der Waals surface area contributed by atoms with E-state index in [9.17, 15) is 4.79 Å². The number of hydrogen-bond donors (Lipinski definition) is 2. The van der Waals surface area contributed by atoms with E-state index in [4.69, 9.17) is 10.5 Å². The van der Waals surface area contributed by atoms with E-state index in [1.54, 1.807) is 7.11 Å². The fourth-order valence-electron chi connectivity index (χ4n) is 2.83. The SMILES string of the molecule is COc1ccccc1CN1CCCC(C(=O)NCCN)C1.Cl. The van der Waals surface area contributed by atoms with Crippen LogP contribution in [-0.4, -0.2) is 44.1 Å². The van der Waals surface area contributed by atoms with Crippen molar-refractivity contribution in [3.63, 3.8) is 0 Å². The number of nitrogens with two attached hydrogens (primary N) is 1. The average molecular weight is 328 g/mol. The lowest BCUT2D eigenvalue weighted by Crippen LogP contribution is -2.43. The lowest BCUT2D eigenvalue weighted by atomic mass is 9.96. The summed E-state index contributed by atoms with van der Waals surface area (Å²) in [6.07, 6.45) is 2.01. The van der Waals surface area contributed by atoms with Crippen LogP contribution in [0.2, 0.25) is 0 Å². The minimum Gasteiger partial charge on any atom is -0.496 e. The van der Waals surface area contributed by atoms with Crippen molar-refractivity contribution in [3.8, 4) is 5.75 Å². The topological polar surface area (TPSA) is 67.6 Å². The lowest BCUT2D eigenvalue weighted by molar-refractivity contribution is -0.126. The maximum absolute atomic E-state index is 12.1. The van der Waals surface area contributed by atoms with Crippen molar-refractivity contribution in [1.29, 1.82) is 0 Å². The first-order valence-electron chi connectivity index (χ1n) is 7.56. The Morgan fingerprint density at radius 3 is 2.95 bits per heavy atom. The number of methoxy groups -OCH3 is 1. The standard InChI is InChI=1S/C16H25N3O2.ClH/c1-21-15-7-3-2-5-13(15)11-19-10-4-6-14(12-19)16(20)18-9-8-17;/h2-3,5,7,14H,4,6,8-12,17H2,1H3,(H,18,20);1H. The van der Waals surface area contributed by atoms with Gasteiger partial charge in [-0.2, -0.15) is 0 Å². The second-order valence-corrected chi connectivity index (χ2v) is 5.47.